The number of aromatic amines is 1. The van der Waals surface area contributed by atoms with Crippen LogP contribution in [0.3, 0.4) is 0 Å². The van der Waals surface area contributed by atoms with Crippen molar-refractivity contribution >= 4 is 0 Å². The van der Waals surface area contributed by atoms with Gasteiger partial charge in [0.2, 0.25) is 5.75 Å². The van der Waals surface area contributed by atoms with E-state index in [1.165, 1.54) is 19.0 Å². The molecule has 0 saturated heterocycles. The summed E-state index contributed by atoms with van der Waals surface area (Å²) in [5.41, 5.74) is 2.41. The first-order valence-electron chi connectivity index (χ1n) is 5.47. The maximum atomic E-state index is 11.6. The first-order chi connectivity index (χ1) is 8.26. The molecule has 0 aliphatic carbocycles. The van der Waals surface area contributed by atoms with Crippen LogP contribution in [0.5, 0.6) is 5.75 Å². The van der Waals surface area contributed by atoms with Gasteiger partial charge in [0.1, 0.15) is 5.69 Å². The molecule has 0 radical (unpaired) electrons. The Morgan fingerprint density at radius 3 is 2.94 bits per heavy atom. The lowest BCUT2D eigenvalue weighted by atomic mass is 10.1. The molecule has 0 aliphatic rings. The van der Waals surface area contributed by atoms with E-state index in [1.54, 1.807) is 0 Å². The molecule has 88 valence electrons. The number of nitrogens with zero attached hydrogens (tertiary/aromatic N) is 1. The third-order valence-electron chi connectivity index (χ3n) is 2.62. The molecule has 0 saturated carbocycles. The van der Waals surface area contributed by atoms with Crippen LogP contribution in [0.15, 0.2) is 35.4 Å². The summed E-state index contributed by atoms with van der Waals surface area (Å²) in [6.07, 6.45) is 2.33. The SMILES string of the molecule is CCc1cccc(-c2nc[nH]c(=O)c2OC)c1. The van der Waals surface area contributed by atoms with Crippen molar-refractivity contribution < 1.29 is 4.74 Å². The normalized spacial score (nSPS) is 10.2. The number of hydrogen-bond donors (Lipinski definition) is 1. The van der Waals surface area contributed by atoms with Crippen molar-refractivity contribution in [2.45, 2.75) is 13.3 Å². The highest BCUT2D eigenvalue weighted by atomic mass is 16.5. The van der Waals surface area contributed by atoms with Crippen LogP contribution in [0.1, 0.15) is 12.5 Å². The molecule has 4 heteroatoms. The van der Waals surface area contributed by atoms with Crippen molar-refractivity contribution in [3.05, 3.63) is 46.5 Å². The maximum absolute atomic E-state index is 11.6. The molecule has 4 nitrogen and oxygen atoms in total. The lowest BCUT2D eigenvalue weighted by Crippen LogP contribution is -2.11. The van der Waals surface area contributed by atoms with E-state index in [-0.39, 0.29) is 11.3 Å². The fraction of sp³-hybridized carbons (Fsp3) is 0.231. The molecule has 0 atom stereocenters. The molecule has 0 bridgehead atoms. The fourth-order valence-electron chi connectivity index (χ4n) is 1.72. The number of benzene rings is 1. The summed E-state index contributed by atoms with van der Waals surface area (Å²) >= 11 is 0. The maximum Gasteiger partial charge on any atom is 0.293 e. The summed E-state index contributed by atoms with van der Waals surface area (Å²) in [6.45, 7) is 2.08. The Hall–Kier alpha value is -2.10. The zero-order chi connectivity index (χ0) is 12.3. The second-order valence-electron chi connectivity index (χ2n) is 3.67. The van der Waals surface area contributed by atoms with Crippen LogP contribution in [-0.2, 0) is 6.42 Å². The number of hydrogen-bond acceptors (Lipinski definition) is 3. The molecular formula is C13H14N2O2. The second-order valence-corrected chi connectivity index (χ2v) is 3.67. The predicted octanol–water partition coefficient (Wildman–Crippen LogP) is 2.01. The molecule has 2 aromatic rings. The van der Waals surface area contributed by atoms with Crippen molar-refractivity contribution in [3.63, 3.8) is 0 Å². The van der Waals surface area contributed by atoms with Crippen molar-refractivity contribution in [1.82, 2.24) is 9.97 Å². The van der Waals surface area contributed by atoms with Crippen molar-refractivity contribution in [1.29, 1.82) is 0 Å². The Labute approximate surface area is 99.3 Å². The van der Waals surface area contributed by atoms with E-state index in [1.807, 2.05) is 24.3 Å². The summed E-state index contributed by atoms with van der Waals surface area (Å²) in [5.74, 6) is 0.251. The number of aromatic nitrogens is 2. The van der Waals surface area contributed by atoms with E-state index in [2.05, 4.69) is 16.9 Å². The topological polar surface area (TPSA) is 55.0 Å². The van der Waals surface area contributed by atoms with Crippen molar-refractivity contribution in [3.8, 4) is 17.0 Å². The van der Waals surface area contributed by atoms with Crippen LogP contribution >= 0.6 is 0 Å². The van der Waals surface area contributed by atoms with E-state index < -0.39 is 0 Å². The zero-order valence-electron chi connectivity index (χ0n) is 9.86. The number of methoxy groups -OCH3 is 1. The summed E-state index contributed by atoms with van der Waals surface area (Å²) in [4.78, 5) is 18.3. The minimum Gasteiger partial charge on any atom is -0.490 e. The molecule has 2 rings (SSSR count). The smallest absolute Gasteiger partial charge is 0.293 e. The summed E-state index contributed by atoms with van der Waals surface area (Å²) in [5, 5.41) is 0. The van der Waals surface area contributed by atoms with Crippen LogP contribution in [-0.4, -0.2) is 17.1 Å². The van der Waals surface area contributed by atoms with Gasteiger partial charge < -0.3 is 9.72 Å². The third-order valence-corrected chi connectivity index (χ3v) is 2.62. The van der Waals surface area contributed by atoms with E-state index >= 15 is 0 Å². The van der Waals surface area contributed by atoms with Gasteiger partial charge in [0, 0.05) is 5.56 Å². The van der Waals surface area contributed by atoms with Gasteiger partial charge in [-0.25, -0.2) is 4.98 Å². The lowest BCUT2D eigenvalue weighted by Gasteiger charge is -2.07. The van der Waals surface area contributed by atoms with Gasteiger partial charge in [-0.05, 0) is 18.1 Å². The van der Waals surface area contributed by atoms with Crippen LogP contribution in [0.4, 0.5) is 0 Å². The van der Waals surface area contributed by atoms with Crippen molar-refractivity contribution in [2.75, 3.05) is 7.11 Å². The monoisotopic (exact) mass is 230 g/mol. The molecule has 1 aromatic heterocycles. The highest BCUT2D eigenvalue weighted by molar-refractivity contribution is 5.66. The van der Waals surface area contributed by atoms with Gasteiger partial charge in [0.15, 0.2) is 0 Å². The van der Waals surface area contributed by atoms with Crippen LogP contribution in [0.2, 0.25) is 0 Å². The lowest BCUT2D eigenvalue weighted by molar-refractivity contribution is 0.408. The Kier molecular flexibility index (Phi) is 3.23. The van der Waals surface area contributed by atoms with E-state index in [4.69, 9.17) is 4.74 Å². The molecule has 1 aromatic carbocycles. The Morgan fingerprint density at radius 2 is 2.24 bits per heavy atom. The molecular weight excluding hydrogens is 216 g/mol. The number of aryl methyl sites for hydroxylation is 1. The molecule has 0 aliphatic heterocycles. The average molecular weight is 230 g/mol. The van der Waals surface area contributed by atoms with Gasteiger partial charge in [-0.3, -0.25) is 4.79 Å². The van der Waals surface area contributed by atoms with Gasteiger partial charge in [-0.2, -0.15) is 0 Å². The van der Waals surface area contributed by atoms with E-state index in [0.717, 1.165) is 12.0 Å². The number of nitrogens with one attached hydrogen (secondary N) is 1. The van der Waals surface area contributed by atoms with Crippen LogP contribution in [0, 0.1) is 0 Å². The summed E-state index contributed by atoms with van der Waals surface area (Å²) < 4.78 is 5.10. The van der Waals surface area contributed by atoms with Gasteiger partial charge in [-0.1, -0.05) is 25.1 Å². The number of rotatable bonds is 3. The summed E-state index contributed by atoms with van der Waals surface area (Å²) in [7, 11) is 1.47. The first kappa shape index (κ1) is 11.4. The molecule has 0 fully saturated rings. The minimum atomic E-state index is -0.264. The fourth-order valence-corrected chi connectivity index (χ4v) is 1.72. The Morgan fingerprint density at radius 1 is 1.41 bits per heavy atom. The summed E-state index contributed by atoms with van der Waals surface area (Å²) in [6, 6.07) is 7.94. The average Bonchev–Trinajstić information content (AvgIpc) is 2.38. The predicted molar refractivity (Wildman–Crippen MR) is 66.2 cm³/mol. The van der Waals surface area contributed by atoms with Gasteiger partial charge in [-0.15, -0.1) is 0 Å². The molecule has 0 amide bonds. The Balaban J connectivity index is 2.59. The molecule has 17 heavy (non-hydrogen) atoms. The molecule has 0 spiro atoms. The Bertz CT molecular complexity index is 576. The van der Waals surface area contributed by atoms with Gasteiger partial charge in [0.05, 0.1) is 13.4 Å². The van der Waals surface area contributed by atoms with Gasteiger partial charge >= 0.3 is 0 Å². The zero-order valence-corrected chi connectivity index (χ0v) is 9.86. The first-order valence-corrected chi connectivity index (χ1v) is 5.47. The number of H-pyrrole nitrogens is 1. The van der Waals surface area contributed by atoms with Crippen LogP contribution < -0.4 is 10.3 Å². The largest absolute Gasteiger partial charge is 0.490 e. The van der Waals surface area contributed by atoms with Crippen LogP contribution in [0.25, 0.3) is 11.3 Å². The number of ether oxygens (including phenoxy) is 1. The molecule has 1 heterocycles. The second kappa shape index (κ2) is 4.82. The quantitative estimate of drug-likeness (QED) is 0.877. The highest BCUT2D eigenvalue weighted by Gasteiger charge is 2.10. The van der Waals surface area contributed by atoms with E-state index in [0.29, 0.717) is 5.69 Å². The third kappa shape index (κ3) is 2.20. The standard InChI is InChI=1S/C13H14N2O2/c1-3-9-5-4-6-10(7-9)11-12(17-2)13(16)15-8-14-11/h4-8H,3H2,1-2H3,(H,14,15,16). The molecule has 0 unspecified atom stereocenters. The highest BCUT2D eigenvalue weighted by Crippen LogP contribution is 2.24. The van der Waals surface area contributed by atoms with Crippen molar-refractivity contribution in [2.24, 2.45) is 0 Å². The van der Waals surface area contributed by atoms with E-state index in [9.17, 15) is 4.79 Å². The molecule has 1 N–H and O–H groups in total. The van der Waals surface area contributed by atoms with Gasteiger partial charge in [0.25, 0.3) is 5.56 Å². The minimum absolute atomic E-state index is 0.251.